The Balaban J connectivity index is 1.71. The number of nitrogens with one attached hydrogen (secondary N) is 3. The van der Waals surface area contributed by atoms with Crippen LogP contribution in [0.25, 0.3) is 0 Å². The van der Waals surface area contributed by atoms with E-state index < -0.39 is 21.1 Å². The molecule has 1 fully saturated rings. The first-order valence-electron chi connectivity index (χ1n) is 8.36. The van der Waals surface area contributed by atoms with Crippen molar-refractivity contribution in [1.82, 2.24) is 20.4 Å². The van der Waals surface area contributed by atoms with E-state index in [0.717, 1.165) is 6.07 Å². The first-order chi connectivity index (χ1) is 13.4. The second-order valence-corrected chi connectivity index (χ2v) is 8.53. The molecule has 152 valence electrons. The third kappa shape index (κ3) is 4.76. The molecular formula is C15H18ClFN6O4S. The molecule has 4 N–H and O–H groups in total. The minimum absolute atomic E-state index is 0.00374. The molecule has 1 aromatic carbocycles. The quantitative estimate of drug-likeness (QED) is 0.231. The second-order valence-electron chi connectivity index (χ2n) is 6.08. The van der Waals surface area contributed by atoms with Gasteiger partial charge in [0.15, 0.2) is 5.69 Å². The largest absolute Gasteiger partial charge is 0.409 e. The van der Waals surface area contributed by atoms with Gasteiger partial charge in [0.05, 0.1) is 16.8 Å². The fraction of sp³-hybridized carbons (Fsp3) is 0.400. The van der Waals surface area contributed by atoms with E-state index in [0.29, 0.717) is 31.6 Å². The van der Waals surface area contributed by atoms with Gasteiger partial charge in [0, 0.05) is 5.69 Å². The fourth-order valence-electron chi connectivity index (χ4n) is 2.74. The van der Waals surface area contributed by atoms with Crippen LogP contribution in [0.5, 0.6) is 0 Å². The number of aromatic nitrogens is 2. The monoisotopic (exact) mass is 432 g/mol. The van der Waals surface area contributed by atoms with Crippen LogP contribution >= 0.6 is 11.6 Å². The molecule has 1 saturated heterocycles. The van der Waals surface area contributed by atoms with Crippen molar-refractivity contribution in [3.63, 3.8) is 0 Å². The van der Waals surface area contributed by atoms with Gasteiger partial charge in [-0.3, -0.25) is 0 Å². The maximum Gasteiger partial charge on any atom is 0.214 e. The summed E-state index contributed by atoms with van der Waals surface area (Å²) in [5.41, 5.74) is 0.436. The Kier molecular flexibility index (Phi) is 6.44. The number of amidine groups is 1. The van der Waals surface area contributed by atoms with Crippen molar-refractivity contribution in [3.8, 4) is 0 Å². The molecule has 0 aliphatic carbocycles. The minimum atomic E-state index is -3.56. The van der Waals surface area contributed by atoms with E-state index in [2.05, 4.69) is 35.5 Å². The molecule has 10 nitrogen and oxygen atoms in total. The lowest BCUT2D eigenvalue weighted by atomic mass is 10.2. The average Bonchev–Trinajstić information content (AvgIpc) is 3.16. The van der Waals surface area contributed by atoms with Crippen LogP contribution < -0.4 is 15.4 Å². The Morgan fingerprint density at radius 1 is 1.39 bits per heavy atom. The zero-order valence-electron chi connectivity index (χ0n) is 14.5. The maximum absolute atomic E-state index is 13.3. The van der Waals surface area contributed by atoms with Crippen LogP contribution in [0, 0.1) is 5.82 Å². The summed E-state index contributed by atoms with van der Waals surface area (Å²) in [6, 6.07) is 3.79. The van der Waals surface area contributed by atoms with E-state index in [1.165, 1.54) is 12.1 Å². The number of benzene rings is 1. The number of hydrogen-bond acceptors (Lipinski definition) is 8. The van der Waals surface area contributed by atoms with Gasteiger partial charge >= 0.3 is 0 Å². The van der Waals surface area contributed by atoms with Crippen LogP contribution in [0.15, 0.2) is 28.0 Å². The molecule has 0 spiro atoms. The highest BCUT2D eigenvalue weighted by molar-refractivity contribution is 7.90. The molecule has 1 aliphatic heterocycles. The lowest BCUT2D eigenvalue weighted by molar-refractivity contribution is 0.300. The highest BCUT2D eigenvalue weighted by atomic mass is 35.5. The first-order valence-corrected chi connectivity index (χ1v) is 10.3. The molecular weight excluding hydrogens is 415 g/mol. The third-order valence-electron chi connectivity index (χ3n) is 4.23. The summed E-state index contributed by atoms with van der Waals surface area (Å²) in [6.07, 6.45) is 1.02. The molecule has 0 unspecified atom stereocenters. The highest BCUT2D eigenvalue weighted by Gasteiger charge is 2.28. The van der Waals surface area contributed by atoms with Crippen molar-refractivity contribution in [2.45, 2.75) is 24.6 Å². The van der Waals surface area contributed by atoms with Crippen molar-refractivity contribution in [2.75, 3.05) is 18.4 Å². The molecule has 0 amide bonds. The third-order valence-corrected chi connectivity index (χ3v) is 6.41. The van der Waals surface area contributed by atoms with Gasteiger partial charge in [-0.2, -0.15) is 0 Å². The predicted octanol–water partition coefficient (Wildman–Crippen LogP) is 1.28. The summed E-state index contributed by atoms with van der Waals surface area (Å²) < 4.78 is 45.3. The fourth-order valence-corrected chi connectivity index (χ4v) is 4.35. The Bertz CT molecular complexity index is 961. The Hall–Kier alpha value is -2.28. The first kappa shape index (κ1) is 20.5. The summed E-state index contributed by atoms with van der Waals surface area (Å²) in [6.45, 7) is 1.07. The molecule has 0 bridgehead atoms. The van der Waals surface area contributed by atoms with E-state index >= 15 is 0 Å². The number of anilines is 1. The molecule has 0 saturated carbocycles. The van der Waals surface area contributed by atoms with Gasteiger partial charge in [-0.25, -0.2) is 22.2 Å². The van der Waals surface area contributed by atoms with E-state index in [4.69, 9.17) is 11.6 Å². The lowest BCUT2D eigenvalue weighted by Crippen LogP contribution is -2.41. The molecule has 1 aliphatic rings. The summed E-state index contributed by atoms with van der Waals surface area (Å²) in [5.74, 6) is -0.772. The van der Waals surface area contributed by atoms with Gasteiger partial charge in [-0.15, -0.1) is 0 Å². The van der Waals surface area contributed by atoms with E-state index in [1.807, 2.05) is 0 Å². The van der Waals surface area contributed by atoms with Gasteiger partial charge in [0.25, 0.3) is 0 Å². The van der Waals surface area contributed by atoms with Crippen LogP contribution in [-0.2, 0) is 16.6 Å². The minimum Gasteiger partial charge on any atom is -0.409 e. The molecule has 2 aromatic rings. The van der Waals surface area contributed by atoms with Crippen LogP contribution in [0.2, 0.25) is 5.02 Å². The van der Waals surface area contributed by atoms with Crippen molar-refractivity contribution in [3.05, 3.63) is 40.4 Å². The van der Waals surface area contributed by atoms with E-state index in [-0.39, 0.29) is 28.8 Å². The van der Waals surface area contributed by atoms with Gasteiger partial charge in [-0.05, 0) is 49.3 Å². The SMILES string of the molecule is O=S(=O)(NCc1nonc1C(=NO)Nc1ccc(F)c(Cl)c1)C1CCNCC1. The molecule has 3 rings (SSSR count). The summed E-state index contributed by atoms with van der Waals surface area (Å²) in [7, 11) is -3.56. The van der Waals surface area contributed by atoms with Crippen LogP contribution in [0.1, 0.15) is 24.2 Å². The number of sulfonamides is 1. The van der Waals surface area contributed by atoms with Crippen molar-refractivity contribution < 1.29 is 22.6 Å². The van der Waals surface area contributed by atoms with Gasteiger partial charge in [0.2, 0.25) is 15.9 Å². The normalized spacial score (nSPS) is 16.3. The number of piperidine rings is 1. The lowest BCUT2D eigenvalue weighted by Gasteiger charge is -2.22. The molecule has 0 radical (unpaired) electrons. The summed E-state index contributed by atoms with van der Waals surface area (Å²) in [4.78, 5) is 0. The molecule has 1 aromatic heterocycles. The number of nitrogens with zero attached hydrogens (tertiary/aromatic N) is 3. The van der Waals surface area contributed by atoms with Crippen molar-refractivity contribution in [2.24, 2.45) is 5.16 Å². The van der Waals surface area contributed by atoms with Gasteiger partial charge < -0.3 is 15.8 Å². The summed E-state index contributed by atoms with van der Waals surface area (Å²) >= 11 is 5.73. The van der Waals surface area contributed by atoms with Crippen molar-refractivity contribution >= 4 is 33.1 Å². The van der Waals surface area contributed by atoms with E-state index in [9.17, 15) is 18.0 Å². The molecule has 0 atom stereocenters. The highest BCUT2D eigenvalue weighted by Crippen LogP contribution is 2.20. The standard InChI is InChI=1S/C15H18ClFN6O4S/c16-11-7-9(1-2-12(11)17)20-15(21-24)14-13(22-27-23-14)8-19-28(25,26)10-3-5-18-6-4-10/h1-2,7,10,18-19,24H,3-6,8H2,(H,20,21). The number of halogens is 2. The predicted molar refractivity (Wildman–Crippen MR) is 99.3 cm³/mol. The van der Waals surface area contributed by atoms with Crippen LogP contribution in [0.4, 0.5) is 10.1 Å². The molecule has 28 heavy (non-hydrogen) atoms. The van der Waals surface area contributed by atoms with Gasteiger partial charge in [0.1, 0.15) is 11.5 Å². The zero-order valence-corrected chi connectivity index (χ0v) is 16.1. The molecule has 13 heteroatoms. The van der Waals surface area contributed by atoms with Gasteiger partial charge in [-0.1, -0.05) is 21.9 Å². The van der Waals surface area contributed by atoms with E-state index in [1.54, 1.807) is 0 Å². The Morgan fingerprint density at radius 3 is 2.82 bits per heavy atom. The summed E-state index contributed by atoms with van der Waals surface area (Å²) in [5, 5.41) is 24.9. The Morgan fingerprint density at radius 2 is 2.14 bits per heavy atom. The topological polar surface area (TPSA) is 142 Å². The number of rotatable bonds is 6. The average molecular weight is 433 g/mol. The van der Waals surface area contributed by atoms with Crippen LogP contribution in [0.3, 0.4) is 0 Å². The smallest absolute Gasteiger partial charge is 0.214 e. The second kappa shape index (κ2) is 8.82. The number of hydrogen-bond donors (Lipinski definition) is 4. The molecule has 2 heterocycles. The number of oxime groups is 1. The van der Waals surface area contributed by atoms with Crippen LogP contribution in [-0.4, -0.2) is 48.1 Å². The van der Waals surface area contributed by atoms with Crippen molar-refractivity contribution in [1.29, 1.82) is 0 Å². The zero-order chi connectivity index (χ0) is 20.1. The maximum atomic E-state index is 13.3. The Labute approximate surface area is 165 Å².